The number of nitro benzene ring substituents is 1. The van der Waals surface area contributed by atoms with E-state index in [9.17, 15) is 10.1 Å². The summed E-state index contributed by atoms with van der Waals surface area (Å²) in [6, 6.07) is 11.3. The fourth-order valence-corrected chi connectivity index (χ4v) is 1.94. The Bertz CT molecular complexity index is 604. The Labute approximate surface area is 116 Å². The van der Waals surface area contributed by atoms with Crippen LogP contribution in [-0.2, 0) is 0 Å². The first-order chi connectivity index (χ1) is 8.56. The summed E-state index contributed by atoms with van der Waals surface area (Å²) < 4.78 is 6.41. The van der Waals surface area contributed by atoms with Crippen molar-refractivity contribution in [1.82, 2.24) is 0 Å². The van der Waals surface area contributed by atoms with Gasteiger partial charge in [0, 0.05) is 16.6 Å². The molecular formula is C12H7BrClNO3. The van der Waals surface area contributed by atoms with Crippen molar-refractivity contribution in [2.45, 2.75) is 0 Å². The molecule has 0 radical (unpaired) electrons. The zero-order chi connectivity index (χ0) is 13.1. The molecule has 2 aromatic carbocycles. The van der Waals surface area contributed by atoms with Crippen LogP contribution in [0.5, 0.6) is 11.5 Å². The van der Waals surface area contributed by atoms with Crippen molar-refractivity contribution in [2.24, 2.45) is 0 Å². The second kappa shape index (κ2) is 5.37. The monoisotopic (exact) mass is 327 g/mol. The van der Waals surface area contributed by atoms with Gasteiger partial charge in [0.2, 0.25) is 0 Å². The Morgan fingerprint density at radius 1 is 1.22 bits per heavy atom. The van der Waals surface area contributed by atoms with Crippen LogP contribution in [0, 0.1) is 10.1 Å². The van der Waals surface area contributed by atoms with Crippen molar-refractivity contribution in [3.63, 3.8) is 0 Å². The van der Waals surface area contributed by atoms with E-state index in [2.05, 4.69) is 15.9 Å². The summed E-state index contributed by atoms with van der Waals surface area (Å²) in [5, 5.41) is 10.8. The summed E-state index contributed by atoms with van der Waals surface area (Å²) in [5.41, 5.74) is -0.0680. The Hall–Kier alpha value is -1.59. The standard InChI is InChI=1S/C12H7BrClNO3/c13-8-2-1-3-10(6-8)18-12-5-4-9(15(16)17)7-11(12)14/h1-7H. The van der Waals surface area contributed by atoms with E-state index in [4.69, 9.17) is 16.3 Å². The van der Waals surface area contributed by atoms with Gasteiger partial charge in [-0.1, -0.05) is 33.6 Å². The van der Waals surface area contributed by atoms with Crippen molar-refractivity contribution in [3.8, 4) is 11.5 Å². The molecule has 0 fully saturated rings. The van der Waals surface area contributed by atoms with Gasteiger partial charge in [-0.15, -0.1) is 0 Å². The van der Waals surface area contributed by atoms with Crippen LogP contribution in [0.4, 0.5) is 5.69 Å². The fourth-order valence-electron chi connectivity index (χ4n) is 1.34. The molecule has 0 saturated heterocycles. The van der Waals surface area contributed by atoms with E-state index >= 15 is 0 Å². The van der Waals surface area contributed by atoms with Gasteiger partial charge in [-0.3, -0.25) is 10.1 Å². The van der Waals surface area contributed by atoms with Crippen LogP contribution in [-0.4, -0.2) is 4.92 Å². The van der Waals surface area contributed by atoms with Gasteiger partial charge in [-0.25, -0.2) is 0 Å². The Kier molecular flexibility index (Phi) is 3.84. The summed E-state index contributed by atoms with van der Waals surface area (Å²) in [7, 11) is 0. The minimum atomic E-state index is -0.505. The number of nitrogens with zero attached hydrogens (tertiary/aromatic N) is 1. The van der Waals surface area contributed by atoms with Crippen LogP contribution in [0.2, 0.25) is 5.02 Å². The number of halogens is 2. The summed E-state index contributed by atoms with van der Waals surface area (Å²) in [6.07, 6.45) is 0. The second-order valence-corrected chi connectivity index (χ2v) is 4.75. The molecule has 0 unspecified atom stereocenters. The molecule has 2 rings (SSSR count). The van der Waals surface area contributed by atoms with Crippen LogP contribution in [0.25, 0.3) is 0 Å². The van der Waals surface area contributed by atoms with Gasteiger partial charge in [0.1, 0.15) is 11.5 Å². The maximum absolute atomic E-state index is 10.6. The van der Waals surface area contributed by atoms with E-state index < -0.39 is 4.92 Å². The SMILES string of the molecule is O=[N+]([O-])c1ccc(Oc2cccc(Br)c2)c(Cl)c1. The number of hydrogen-bond donors (Lipinski definition) is 0. The molecule has 0 aliphatic rings. The Morgan fingerprint density at radius 3 is 2.61 bits per heavy atom. The Morgan fingerprint density at radius 2 is 2.00 bits per heavy atom. The van der Waals surface area contributed by atoms with Crippen LogP contribution < -0.4 is 4.74 Å². The highest BCUT2D eigenvalue weighted by Gasteiger charge is 2.10. The fraction of sp³-hybridized carbons (Fsp3) is 0. The predicted molar refractivity (Wildman–Crippen MR) is 72.3 cm³/mol. The average molecular weight is 329 g/mol. The van der Waals surface area contributed by atoms with Gasteiger partial charge < -0.3 is 4.74 Å². The highest BCUT2D eigenvalue weighted by Crippen LogP contribution is 2.32. The van der Waals surface area contributed by atoms with Crippen LogP contribution in [0.3, 0.4) is 0 Å². The molecule has 0 spiro atoms. The van der Waals surface area contributed by atoms with Gasteiger partial charge in [-0.05, 0) is 24.3 Å². The molecule has 0 amide bonds. The largest absolute Gasteiger partial charge is 0.456 e. The lowest BCUT2D eigenvalue weighted by atomic mass is 10.3. The van der Waals surface area contributed by atoms with Gasteiger partial charge in [0.05, 0.1) is 9.95 Å². The summed E-state index contributed by atoms with van der Waals surface area (Å²) >= 11 is 9.24. The zero-order valence-electron chi connectivity index (χ0n) is 8.97. The van der Waals surface area contributed by atoms with E-state index in [1.807, 2.05) is 12.1 Å². The van der Waals surface area contributed by atoms with E-state index in [1.54, 1.807) is 12.1 Å². The highest BCUT2D eigenvalue weighted by atomic mass is 79.9. The number of nitro groups is 1. The predicted octanol–water partition coefficient (Wildman–Crippen LogP) is 4.80. The van der Waals surface area contributed by atoms with Crippen molar-refractivity contribution in [2.75, 3.05) is 0 Å². The van der Waals surface area contributed by atoms with Crippen LogP contribution in [0.15, 0.2) is 46.9 Å². The maximum atomic E-state index is 10.6. The lowest BCUT2D eigenvalue weighted by Crippen LogP contribution is -1.90. The molecule has 0 bridgehead atoms. The van der Waals surface area contributed by atoms with E-state index in [0.717, 1.165) is 4.47 Å². The lowest BCUT2D eigenvalue weighted by molar-refractivity contribution is -0.384. The molecule has 0 aliphatic heterocycles. The molecule has 92 valence electrons. The average Bonchev–Trinajstić information content (AvgIpc) is 2.31. The summed E-state index contributed by atoms with van der Waals surface area (Å²) in [5.74, 6) is 0.973. The first-order valence-corrected chi connectivity index (χ1v) is 6.11. The van der Waals surface area contributed by atoms with Crippen molar-refractivity contribution >= 4 is 33.2 Å². The van der Waals surface area contributed by atoms with E-state index in [-0.39, 0.29) is 10.7 Å². The lowest BCUT2D eigenvalue weighted by Gasteiger charge is -2.07. The van der Waals surface area contributed by atoms with Gasteiger partial charge in [0.15, 0.2) is 0 Å². The van der Waals surface area contributed by atoms with E-state index in [1.165, 1.54) is 18.2 Å². The molecule has 0 aromatic heterocycles. The molecule has 6 heteroatoms. The third-order valence-corrected chi connectivity index (χ3v) is 2.94. The first kappa shape index (κ1) is 12.9. The molecule has 0 atom stereocenters. The van der Waals surface area contributed by atoms with Gasteiger partial charge >= 0.3 is 0 Å². The number of benzene rings is 2. The van der Waals surface area contributed by atoms with Crippen molar-refractivity contribution in [3.05, 3.63) is 62.1 Å². The molecule has 0 saturated carbocycles. The third kappa shape index (κ3) is 3.00. The maximum Gasteiger partial charge on any atom is 0.271 e. The molecule has 0 heterocycles. The number of non-ortho nitro benzene ring substituents is 1. The first-order valence-electron chi connectivity index (χ1n) is 4.93. The smallest absolute Gasteiger partial charge is 0.271 e. The topological polar surface area (TPSA) is 52.4 Å². The number of hydrogen-bond acceptors (Lipinski definition) is 3. The van der Waals surface area contributed by atoms with Crippen molar-refractivity contribution in [1.29, 1.82) is 0 Å². The summed E-state index contributed by atoms with van der Waals surface area (Å²) in [4.78, 5) is 10.1. The van der Waals surface area contributed by atoms with Gasteiger partial charge in [0.25, 0.3) is 5.69 Å². The normalized spacial score (nSPS) is 10.1. The molecule has 4 nitrogen and oxygen atoms in total. The van der Waals surface area contributed by atoms with Gasteiger partial charge in [-0.2, -0.15) is 0 Å². The number of rotatable bonds is 3. The molecular weight excluding hydrogens is 321 g/mol. The van der Waals surface area contributed by atoms with Crippen molar-refractivity contribution < 1.29 is 9.66 Å². The summed E-state index contributed by atoms with van der Waals surface area (Å²) in [6.45, 7) is 0. The minimum absolute atomic E-state index is 0.0680. The molecule has 18 heavy (non-hydrogen) atoms. The Balaban J connectivity index is 2.27. The highest BCUT2D eigenvalue weighted by molar-refractivity contribution is 9.10. The minimum Gasteiger partial charge on any atom is -0.456 e. The molecule has 2 aromatic rings. The third-order valence-electron chi connectivity index (χ3n) is 2.15. The van der Waals surface area contributed by atoms with E-state index in [0.29, 0.717) is 11.5 Å². The zero-order valence-corrected chi connectivity index (χ0v) is 11.3. The van der Waals surface area contributed by atoms with Crippen LogP contribution >= 0.6 is 27.5 Å². The quantitative estimate of drug-likeness (QED) is 0.600. The molecule has 0 N–H and O–H groups in total. The second-order valence-electron chi connectivity index (χ2n) is 3.43. The molecule has 0 aliphatic carbocycles. The number of ether oxygens (including phenoxy) is 1. The van der Waals surface area contributed by atoms with Crippen LogP contribution in [0.1, 0.15) is 0 Å².